The van der Waals surface area contributed by atoms with Gasteiger partial charge in [0.1, 0.15) is 0 Å². The van der Waals surface area contributed by atoms with E-state index in [1.807, 2.05) is 6.92 Å². The fraction of sp³-hybridized carbons (Fsp3) is 0.688. The van der Waals surface area contributed by atoms with Gasteiger partial charge in [-0.15, -0.1) is 5.73 Å². The van der Waals surface area contributed by atoms with E-state index in [-0.39, 0.29) is 12.2 Å². The summed E-state index contributed by atoms with van der Waals surface area (Å²) in [5.74, 6) is 0. The SMILES string of the molecule is C=C=C(C)C[C@H](O)CC[C@@H]1O[C@@H](CCC)CC1=C. The minimum Gasteiger partial charge on any atom is -0.393 e. The summed E-state index contributed by atoms with van der Waals surface area (Å²) in [6, 6.07) is 0. The number of aliphatic hydroxyl groups excluding tert-OH is 1. The van der Waals surface area contributed by atoms with Crippen molar-refractivity contribution in [1.82, 2.24) is 0 Å². The molecular formula is C16H26O2. The zero-order valence-electron chi connectivity index (χ0n) is 11.7. The molecule has 0 unspecified atom stereocenters. The highest BCUT2D eigenvalue weighted by Crippen LogP contribution is 2.30. The Hall–Kier alpha value is -0.820. The molecule has 1 heterocycles. The van der Waals surface area contributed by atoms with Gasteiger partial charge in [0.25, 0.3) is 0 Å². The molecule has 1 N–H and O–H groups in total. The third-order valence-corrected chi connectivity index (χ3v) is 3.52. The Morgan fingerprint density at radius 1 is 1.56 bits per heavy atom. The molecule has 3 atom stereocenters. The Kier molecular flexibility index (Phi) is 6.42. The van der Waals surface area contributed by atoms with Gasteiger partial charge < -0.3 is 9.84 Å². The van der Waals surface area contributed by atoms with Gasteiger partial charge in [0, 0.05) is 6.42 Å². The van der Waals surface area contributed by atoms with Crippen LogP contribution >= 0.6 is 0 Å². The molecule has 0 aromatic rings. The molecule has 0 amide bonds. The Balaban J connectivity index is 2.31. The van der Waals surface area contributed by atoms with Crippen LogP contribution in [0, 0.1) is 0 Å². The van der Waals surface area contributed by atoms with Gasteiger partial charge in [-0.1, -0.05) is 26.5 Å². The summed E-state index contributed by atoms with van der Waals surface area (Å²) in [6.45, 7) is 11.8. The van der Waals surface area contributed by atoms with Crippen molar-refractivity contribution in [2.24, 2.45) is 0 Å². The molecule has 1 aliphatic rings. The smallest absolute Gasteiger partial charge is 0.0788 e. The van der Waals surface area contributed by atoms with Crippen LogP contribution in [0.3, 0.4) is 0 Å². The predicted octanol–water partition coefficient (Wildman–Crippen LogP) is 3.76. The van der Waals surface area contributed by atoms with Crippen molar-refractivity contribution >= 4 is 0 Å². The molecule has 2 nitrogen and oxygen atoms in total. The van der Waals surface area contributed by atoms with Gasteiger partial charge in [0.05, 0.1) is 18.3 Å². The second kappa shape index (κ2) is 7.58. The normalized spacial score (nSPS) is 24.9. The molecule has 1 fully saturated rings. The highest BCUT2D eigenvalue weighted by Gasteiger charge is 2.28. The van der Waals surface area contributed by atoms with Gasteiger partial charge in [-0.25, -0.2) is 0 Å². The van der Waals surface area contributed by atoms with E-state index in [0.29, 0.717) is 12.5 Å². The second-order valence-corrected chi connectivity index (χ2v) is 5.29. The topological polar surface area (TPSA) is 29.5 Å². The second-order valence-electron chi connectivity index (χ2n) is 5.29. The lowest BCUT2D eigenvalue weighted by Gasteiger charge is -2.16. The lowest BCUT2D eigenvalue weighted by molar-refractivity contribution is 0.0337. The van der Waals surface area contributed by atoms with E-state index in [9.17, 15) is 5.11 Å². The van der Waals surface area contributed by atoms with Gasteiger partial charge >= 0.3 is 0 Å². The van der Waals surface area contributed by atoms with Gasteiger partial charge in [0.2, 0.25) is 0 Å². The summed E-state index contributed by atoms with van der Waals surface area (Å²) >= 11 is 0. The lowest BCUT2D eigenvalue weighted by atomic mass is 10.00. The summed E-state index contributed by atoms with van der Waals surface area (Å²) < 4.78 is 5.95. The zero-order chi connectivity index (χ0) is 13.5. The lowest BCUT2D eigenvalue weighted by Crippen LogP contribution is -2.15. The molecule has 0 aliphatic carbocycles. The first kappa shape index (κ1) is 15.2. The highest BCUT2D eigenvalue weighted by molar-refractivity contribution is 5.09. The van der Waals surface area contributed by atoms with Crippen LogP contribution < -0.4 is 0 Å². The van der Waals surface area contributed by atoms with Crippen molar-refractivity contribution in [1.29, 1.82) is 0 Å². The van der Waals surface area contributed by atoms with E-state index in [2.05, 4.69) is 25.8 Å². The maximum absolute atomic E-state index is 9.89. The molecule has 18 heavy (non-hydrogen) atoms. The van der Waals surface area contributed by atoms with E-state index in [0.717, 1.165) is 37.7 Å². The molecule has 1 aliphatic heterocycles. The molecule has 1 saturated heterocycles. The highest BCUT2D eigenvalue weighted by atomic mass is 16.5. The molecule has 0 saturated carbocycles. The molecular weight excluding hydrogens is 224 g/mol. The van der Waals surface area contributed by atoms with Crippen molar-refractivity contribution in [3.63, 3.8) is 0 Å². The molecule has 2 heteroatoms. The van der Waals surface area contributed by atoms with Crippen LogP contribution in [0.15, 0.2) is 30.0 Å². The molecule has 0 radical (unpaired) electrons. The van der Waals surface area contributed by atoms with Crippen molar-refractivity contribution < 1.29 is 9.84 Å². The number of ether oxygens (including phenoxy) is 1. The van der Waals surface area contributed by atoms with Gasteiger partial charge in [-0.05, 0) is 43.8 Å². The maximum Gasteiger partial charge on any atom is 0.0788 e. The molecule has 0 aromatic carbocycles. The molecule has 1 rings (SSSR count). The van der Waals surface area contributed by atoms with Crippen LogP contribution in [0.5, 0.6) is 0 Å². The predicted molar refractivity (Wildman–Crippen MR) is 75.5 cm³/mol. The molecule has 0 bridgehead atoms. The quantitative estimate of drug-likeness (QED) is 0.550. The summed E-state index contributed by atoms with van der Waals surface area (Å²) in [5.41, 5.74) is 5.02. The summed E-state index contributed by atoms with van der Waals surface area (Å²) in [7, 11) is 0. The first-order chi connectivity index (χ1) is 8.56. The molecule has 102 valence electrons. The van der Waals surface area contributed by atoms with Crippen LogP contribution in [0.1, 0.15) is 52.4 Å². The zero-order valence-corrected chi connectivity index (χ0v) is 11.7. The third kappa shape index (κ3) is 4.81. The number of aliphatic hydroxyl groups is 1. The minimum absolute atomic E-state index is 0.143. The fourth-order valence-electron chi connectivity index (χ4n) is 2.44. The van der Waals surface area contributed by atoms with Gasteiger partial charge in [-0.3, -0.25) is 0 Å². The number of hydrogen-bond donors (Lipinski definition) is 1. The van der Waals surface area contributed by atoms with Gasteiger partial charge in [-0.2, -0.15) is 0 Å². The maximum atomic E-state index is 9.89. The largest absolute Gasteiger partial charge is 0.393 e. The molecule has 0 aromatic heterocycles. The Morgan fingerprint density at radius 3 is 2.89 bits per heavy atom. The summed E-state index contributed by atoms with van der Waals surface area (Å²) in [5, 5.41) is 9.89. The van der Waals surface area contributed by atoms with Crippen LogP contribution in [0.4, 0.5) is 0 Å². The van der Waals surface area contributed by atoms with E-state index in [1.54, 1.807) is 0 Å². The Bertz CT molecular complexity index is 326. The van der Waals surface area contributed by atoms with Crippen LogP contribution in [0.2, 0.25) is 0 Å². The first-order valence-corrected chi connectivity index (χ1v) is 6.93. The average molecular weight is 250 g/mol. The molecule has 0 spiro atoms. The van der Waals surface area contributed by atoms with Crippen molar-refractivity contribution in [2.45, 2.75) is 70.7 Å². The van der Waals surface area contributed by atoms with Crippen molar-refractivity contribution in [2.75, 3.05) is 0 Å². The van der Waals surface area contributed by atoms with Gasteiger partial charge in [0.15, 0.2) is 0 Å². The monoisotopic (exact) mass is 250 g/mol. The van der Waals surface area contributed by atoms with E-state index >= 15 is 0 Å². The van der Waals surface area contributed by atoms with Crippen LogP contribution in [-0.2, 0) is 4.74 Å². The minimum atomic E-state index is -0.319. The number of rotatable bonds is 7. The first-order valence-electron chi connectivity index (χ1n) is 6.93. The van der Waals surface area contributed by atoms with E-state index in [1.165, 1.54) is 5.57 Å². The summed E-state index contributed by atoms with van der Waals surface area (Å²) in [4.78, 5) is 0. The standard InChI is InChI=1S/C16H26O2/c1-5-7-15-11-13(4)16(18-15)9-8-14(17)10-12(3)6-2/h14-17H,2,4-5,7-11H2,1,3H3/t14-,15+,16+/m1/s1. The fourth-order valence-corrected chi connectivity index (χ4v) is 2.44. The van der Waals surface area contributed by atoms with E-state index in [4.69, 9.17) is 4.74 Å². The van der Waals surface area contributed by atoms with E-state index < -0.39 is 0 Å². The Labute approximate surface area is 111 Å². The van der Waals surface area contributed by atoms with Crippen LogP contribution in [0.25, 0.3) is 0 Å². The van der Waals surface area contributed by atoms with Crippen LogP contribution in [-0.4, -0.2) is 23.4 Å². The third-order valence-electron chi connectivity index (χ3n) is 3.52. The van der Waals surface area contributed by atoms with Crippen molar-refractivity contribution in [3.05, 3.63) is 30.0 Å². The summed E-state index contributed by atoms with van der Waals surface area (Å²) in [6.07, 6.45) is 5.69. The van der Waals surface area contributed by atoms with Crippen molar-refractivity contribution in [3.8, 4) is 0 Å². The average Bonchev–Trinajstić information content (AvgIpc) is 2.67. The number of hydrogen-bond acceptors (Lipinski definition) is 2. The Morgan fingerprint density at radius 2 is 2.28 bits per heavy atom.